The molecule has 1 aliphatic heterocycles. The van der Waals surface area contributed by atoms with Gasteiger partial charge in [0.1, 0.15) is 5.52 Å². The van der Waals surface area contributed by atoms with Gasteiger partial charge in [-0.3, -0.25) is 4.79 Å². The van der Waals surface area contributed by atoms with Gasteiger partial charge >= 0.3 is 12.0 Å². The Balaban J connectivity index is 1.31. The number of benzene rings is 2. The van der Waals surface area contributed by atoms with E-state index in [9.17, 15) is 14.4 Å². The zero-order valence-electron chi connectivity index (χ0n) is 18.4. The highest BCUT2D eigenvalue weighted by molar-refractivity contribution is 5.97. The van der Waals surface area contributed by atoms with Gasteiger partial charge in [-0.1, -0.05) is 11.3 Å². The summed E-state index contributed by atoms with van der Waals surface area (Å²) in [6.07, 6.45) is 2.09. The van der Waals surface area contributed by atoms with Crippen LogP contribution in [-0.4, -0.2) is 64.0 Å². The predicted octanol–water partition coefficient (Wildman–Crippen LogP) is 2.67. The number of amides is 3. The van der Waals surface area contributed by atoms with Gasteiger partial charge in [-0.05, 0) is 56.2 Å². The number of hydrogen-bond donors (Lipinski definition) is 2. The molecule has 0 atom stereocenters. The topological polar surface area (TPSA) is 118 Å². The highest BCUT2D eigenvalue weighted by Gasteiger charge is 2.20. The van der Waals surface area contributed by atoms with Gasteiger partial charge in [0.05, 0.1) is 24.2 Å². The van der Waals surface area contributed by atoms with Gasteiger partial charge in [-0.2, -0.15) is 0 Å². The van der Waals surface area contributed by atoms with E-state index in [1.807, 2.05) is 11.0 Å². The fourth-order valence-corrected chi connectivity index (χ4v) is 3.76. The second-order valence-corrected chi connectivity index (χ2v) is 7.70. The SMILES string of the molecule is CCOC(=O)c1cccc(NC(=O)NCCn2nnc3cc(C(=O)N4CCCC4)ccc32)c1. The quantitative estimate of drug-likeness (QED) is 0.534. The van der Waals surface area contributed by atoms with Crippen molar-refractivity contribution in [1.82, 2.24) is 25.2 Å². The Bertz CT molecular complexity index is 1170. The lowest BCUT2D eigenvalue weighted by atomic mass is 10.1. The molecule has 1 aliphatic rings. The monoisotopic (exact) mass is 450 g/mol. The summed E-state index contributed by atoms with van der Waals surface area (Å²) in [4.78, 5) is 38.5. The number of nitrogens with zero attached hydrogens (tertiary/aromatic N) is 4. The summed E-state index contributed by atoms with van der Waals surface area (Å²) < 4.78 is 6.65. The minimum Gasteiger partial charge on any atom is -0.462 e. The normalized spacial score (nSPS) is 13.2. The van der Waals surface area contributed by atoms with Crippen molar-refractivity contribution < 1.29 is 19.1 Å². The van der Waals surface area contributed by atoms with Crippen LogP contribution in [0.15, 0.2) is 42.5 Å². The number of nitrogens with one attached hydrogen (secondary N) is 2. The van der Waals surface area contributed by atoms with Crippen molar-refractivity contribution >= 4 is 34.6 Å². The Hall–Kier alpha value is -3.95. The number of urea groups is 1. The molecule has 172 valence electrons. The molecule has 2 N–H and O–H groups in total. The van der Waals surface area contributed by atoms with E-state index in [-0.39, 0.29) is 12.5 Å². The molecule has 0 spiro atoms. The predicted molar refractivity (Wildman–Crippen MR) is 122 cm³/mol. The number of carbonyl (C=O) groups is 3. The van der Waals surface area contributed by atoms with Crippen molar-refractivity contribution in [3.05, 3.63) is 53.6 Å². The molecule has 10 nitrogen and oxygen atoms in total. The highest BCUT2D eigenvalue weighted by atomic mass is 16.5. The van der Waals surface area contributed by atoms with Crippen LogP contribution < -0.4 is 10.6 Å². The lowest BCUT2D eigenvalue weighted by molar-refractivity contribution is 0.0526. The van der Waals surface area contributed by atoms with Crippen LogP contribution >= 0.6 is 0 Å². The van der Waals surface area contributed by atoms with Crippen LogP contribution in [0, 0.1) is 0 Å². The fourth-order valence-electron chi connectivity index (χ4n) is 3.76. The standard InChI is InChI=1S/C23H26N6O4/c1-2-33-22(31)17-6-5-7-18(14-17)25-23(32)24-10-13-29-20-9-8-16(15-19(20)26-27-29)21(30)28-11-3-4-12-28/h5-9,14-15H,2-4,10-13H2,1H3,(H2,24,25,32). The lowest BCUT2D eigenvalue weighted by Gasteiger charge is -2.14. The van der Waals surface area contributed by atoms with Gasteiger partial charge < -0.3 is 20.3 Å². The van der Waals surface area contributed by atoms with Crippen molar-refractivity contribution in [3.63, 3.8) is 0 Å². The summed E-state index contributed by atoms with van der Waals surface area (Å²) in [5.74, 6) is -0.417. The van der Waals surface area contributed by atoms with Gasteiger partial charge in [-0.25, -0.2) is 14.3 Å². The molecule has 3 aromatic rings. The van der Waals surface area contributed by atoms with Crippen LogP contribution in [-0.2, 0) is 11.3 Å². The molecule has 1 saturated heterocycles. The van der Waals surface area contributed by atoms with Crippen LogP contribution in [0.5, 0.6) is 0 Å². The third-order valence-corrected chi connectivity index (χ3v) is 5.39. The molecular weight excluding hydrogens is 424 g/mol. The Morgan fingerprint density at radius 1 is 1.06 bits per heavy atom. The largest absolute Gasteiger partial charge is 0.462 e. The molecule has 3 amide bonds. The second kappa shape index (κ2) is 10.1. The number of aromatic nitrogens is 3. The first-order valence-electron chi connectivity index (χ1n) is 11.0. The van der Waals surface area contributed by atoms with E-state index < -0.39 is 12.0 Å². The Morgan fingerprint density at radius 3 is 2.67 bits per heavy atom. The Kier molecular flexibility index (Phi) is 6.82. The molecule has 33 heavy (non-hydrogen) atoms. The van der Waals surface area contributed by atoms with Gasteiger partial charge in [0, 0.05) is 30.9 Å². The van der Waals surface area contributed by atoms with Crippen LogP contribution in [0.25, 0.3) is 11.0 Å². The molecule has 0 unspecified atom stereocenters. The lowest BCUT2D eigenvalue weighted by Crippen LogP contribution is -2.31. The highest BCUT2D eigenvalue weighted by Crippen LogP contribution is 2.17. The summed E-state index contributed by atoms with van der Waals surface area (Å²) in [6.45, 7) is 4.33. The summed E-state index contributed by atoms with van der Waals surface area (Å²) in [7, 11) is 0. The van der Waals surface area contributed by atoms with Crippen molar-refractivity contribution in [3.8, 4) is 0 Å². The zero-order valence-corrected chi connectivity index (χ0v) is 18.4. The number of carbonyl (C=O) groups excluding carboxylic acids is 3. The van der Waals surface area contributed by atoms with Crippen LogP contribution in [0.4, 0.5) is 10.5 Å². The molecule has 0 bridgehead atoms. The first-order chi connectivity index (χ1) is 16.0. The first kappa shape index (κ1) is 22.3. The van der Waals surface area contributed by atoms with Crippen LogP contribution in [0.3, 0.4) is 0 Å². The number of anilines is 1. The van der Waals surface area contributed by atoms with E-state index in [2.05, 4.69) is 20.9 Å². The molecule has 2 aromatic carbocycles. The first-order valence-corrected chi connectivity index (χ1v) is 11.0. The maximum Gasteiger partial charge on any atom is 0.338 e. The zero-order chi connectivity index (χ0) is 23.2. The van der Waals surface area contributed by atoms with E-state index in [1.165, 1.54) is 0 Å². The molecule has 0 saturated carbocycles. The van der Waals surface area contributed by atoms with Crippen LogP contribution in [0.2, 0.25) is 0 Å². The summed E-state index contributed by atoms with van der Waals surface area (Å²) in [5, 5.41) is 13.8. The molecule has 10 heteroatoms. The van der Waals surface area contributed by atoms with Crippen molar-refractivity contribution in [2.24, 2.45) is 0 Å². The van der Waals surface area contributed by atoms with Gasteiger partial charge in [0.15, 0.2) is 0 Å². The molecule has 4 rings (SSSR count). The summed E-state index contributed by atoms with van der Waals surface area (Å²) in [5.41, 5.74) is 2.89. The summed E-state index contributed by atoms with van der Waals surface area (Å²) >= 11 is 0. The average molecular weight is 450 g/mol. The number of hydrogen-bond acceptors (Lipinski definition) is 6. The molecular formula is C23H26N6O4. The third kappa shape index (κ3) is 5.28. The Morgan fingerprint density at radius 2 is 1.88 bits per heavy atom. The van der Waals surface area contributed by atoms with Gasteiger partial charge in [0.25, 0.3) is 5.91 Å². The maximum atomic E-state index is 12.6. The van der Waals surface area contributed by atoms with E-state index in [0.29, 0.717) is 35.4 Å². The minimum atomic E-state index is -0.440. The minimum absolute atomic E-state index is 0.0225. The molecule has 1 fully saturated rings. The molecule has 1 aromatic heterocycles. The number of rotatable bonds is 7. The van der Waals surface area contributed by atoms with E-state index in [0.717, 1.165) is 31.4 Å². The molecule has 0 aliphatic carbocycles. The average Bonchev–Trinajstić information content (AvgIpc) is 3.49. The third-order valence-electron chi connectivity index (χ3n) is 5.39. The smallest absolute Gasteiger partial charge is 0.338 e. The van der Waals surface area contributed by atoms with Gasteiger partial charge in [0.2, 0.25) is 0 Å². The second-order valence-electron chi connectivity index (χ2n) is 7.70. The maximum absolute atomic E-state index is 12.6. The summed E-state index contributed by atoms with van der Waals surface area (Å²) in [6, 6.07) is 11.5. The number of fused-ring (bicyclic) bond motifs is 1. The Labute approximate surface area is 190 Å². The van der Waals surface area contributed by atoms with E-state index >= 15 is 0 Å². The van der Waals surface area contributed by atoms with E-state index in [1.54, 1.807) is 48.0 Å². The fraction of sp³-hybridized carbons (Fsp3) is 0.348. The van der Waals surface area contributed by atoms with Crippen molar-refractivity contribution in [2.75, 3.05) is 31.6 Å². The van der Waals surface area contributed by atoms with Crippen molar-refractivity contribution in [1.29, 1.82) is 0 Å². The number of esters is 1. The van der Waals surface area contributed by atoms with Crippen LogP contribution in [0.1, 0.15) is 40.5 Å². The molecule has 0 radical (unpaired) electrons. The molecule has 2 heterocycles. The van der Waals surface area contributed by atoms with Gasteiger partial charge in [-0.15, -0.1) is 5.10 Å². The van der Waals surface area contributed by atoms with Crippen molar-refractivity contribution in [2.45, 2.75) is 26.3 Å². The number of likely N-dealkylation sites (tertiary alicyclic amines) is 1. The number of ether oxygens (including phenoxy) is 1. The van der Waals surface area contributed by atoms with E-state index in [4.69, 9.17) is 4.74 Å².